The third-order valence-corrected chi connectivity index (χ3v) is 8.25. The highest BCUT2D eigenvalue weighted by atomic mass is 32.2. The first-order chi connectivity index (χ1) is 14.3. The summed E-state index contributed by atoms with van der Waals surface area (Å²) in [5.74, 6) is 2.57. The van der Waals surface area contributed by atoms with Crippen LogP contribution in [0, 0.1) is 5.92 Å². The van der Waals surface area contributed by atoms with Crippen LogP contribution in [0.3, 0.4) is 0 Å². The van der Waals surface area contributed by atoms with Gasteiger partial charge in [-0.15, -0.1) is 10.2 Å². The van der Waals surface area contributed by atoms with E-state index in [1.165, 1.54) is 11.8 Å². The molecule has 11 heteroatoms. The lowest BCUT2D eigenvalue weighted by Crippen LogP contribution is -2.30. The van der Waals surface area contributed by atoms with Crippen LogP contribution >= 0.6 is 11.8 Å². The summed E-state index contributed by atoms with van der Waals surface area (Å²) in [6, 6.07) is 5.58. The molecule has 0 unspecified atom stereocenters. The lowest BCUT2D eigenvalue weighted by Gasteiger charge is -2.12. The third kappa shape index (κ3) is 4.72. The molecule has 2 atom stereocenters. The number of carbonyl (C=O) groups is 1. The summed E-state index contributed by atoms with van der Waals surface area (Å²) in [7, 11) is -1.07. The fraction of sp³-hybridized carbons (Fsp3) is 0.526. The summed E-state index contributed by atoms with van der Waals surface area (Å²) in [5.41, 5.74) is 0.928. The van der Waals surface area contributed by atoms with Crippen LogP contribution < -0.4 is 14.8 Å². The first-order valence-electron chi connectivity index (χ1n) is 9.72. The Morgan fingerprint density at radius 3 is 2.90 bits per heavy atom. The van der Waals surface area contributed by atoms with Crippen molar-refractivity contribution in [3.63, 3.8) is 0 Å². The summed E-state index contributed by atoms with van der Waals surface area (Å²) in [6.45, 7) is 2.42. The van der Waals surface area contributed by atoms with E-state index in [0.29, 0.717) is 36.0 Å². The SMILES string of the molecule is C[C@@H](Sc1nnc(C[C@@H]2CCS(=O)(=O)C2)n1C)C(=O)NCc1ccc2c(c1)OCO2. The standard InChI is InChI=1S/C19H24N4O5S2/c1-12(18(24)20-9-13-3-4-15-16(7-13)28-11-27-15)29-19-22-21-17(23(19)2)8-14-5-6-30(25,26)10-14/h3-4,7,12,14H,5-6,8-11H2,1-2H3,(H,20,24)/t12-,14+/m1/s1. The second-order valence-corrected chi connectivity index (χ2v) is 11.1. The zero-order chi connectivity index (χ0) is 21.3. The van der Waals surface area contributed by atoms with Gasteiger partial charge >= 0.3 is 0 Å². The van der Waals surface area contributed by atoms with Crippen molar-refractivity contribution in [2.24, 2.45) is 13.0 Å². The van der Waals surface area contributed by atoms with Crippen molar-refractivity contribution in [2.75, 3.05) is 18.3 Å². The molecular weight excluding hydrogens is 428 g/mol. The molecule has 162 valence electrons. The van der Waals surface area contributed by atoms with Crippen molar-refractivity contribution < 1.29 is 22.7 Å². The average Bonchev–Trinajstić information content (AvgIpc) is 3.40. The molecule has 9 nitrogen and oxygen atoms in total. The molecule has 0 bridgehead atoms. The molecule has 2 aromatic rings. The van der Waals surface area contributed by atoms with Gasteiger partial charge in [0.1, 0.15) is 5.82 Å². The van der Waals surface area contributed by atoms with E-state index >= 15 is 0 Å². The van der Waals surface area contributed by atoms with Crippen LogP contribution in [0.2, 0.25) is 0 Å². The predicted octanol–water partition coefficient (Wildman–Crippen LogP) is 1.32. The Morgan fingerprint density at radius 1 is 1.33 bits per heavy atom. The van der Waals surface area contributed by atoms with Crippen LogP contribution in [0.25, 0.3) is 0 Å². The third-order valence-electron chi connectivity index (χ3n) is 5.28. The number of ether oxygens (including phenoxy) is 2. The number of nitrogens with one attached hydrogen (secondary N) is 1. The van der Waals surface area contributed by atoms with E-state index in [1.807, 2.05) is 36.7 Å². The smallest absolute Gasteiger partial charge is 0.233 e. The molecule has 1 fully saturated rings. The van der Waals surface area contributed by atoms with Crippen LogP contribution in [-0.2, 0) is 34.6 Å². The van der Waals surface area contributed by atoms with Crippen molar-refractivity contribution in [3.05, 3.63) is 29.6 Å². The van der Waals surface area contributed by atoms with Gasteiger partial charge in [-0.3, -0.25) is 4.79 Å². The molecule has 1 aromatic carbocycles. The molecule has 30 heavy (non-hydrogen) atoms. The van der Waals surface area contributed by atoms with Crippen LogP contribution in [0.15, 0.2) is 23.4 Å². The Hall–Kier alpha value is -2.27. The Kier molecular flexibility index (Phi) is 5.92. The van der Waals surface area contributed by atoms with Crippen molar-refractivity contribution in [1.82, 2.24) is 20.1 Å². The maximum Gasteiger partial charge on any atom is 0.233 e. The highest BCUT2D eigenvalue weighted by molar-refractivity contribution is 8.00. The normalized spacial score (nSPS) is 20.3. The maximum atomic E-state index is 12.5. The molecule has 4 rings (SSSR count). The zero-order valence-electron chi connectivity index (χ0n) is 16.8. The molecular formula is C19H24N4O5S2. The Morgan fingerprint density at radius 2 is 2.13 bits per heavy atom. The second-order valence-electron chi connectivity index (χ2n) is 7.60. The zero-order valence-corrected chi connectivity index (χ0v) is 18.5. The fourth-order valence-electron chi connectivity index (χ4n) is 3.51. The Bertz CT molecular complexity index is 1050. The number of hydrogen-bond donors (Lipinski definition) is 1. The second kappa shape index (κ2) is 8.46. The maximum absolute atomic E-state index is 12.5. The highest BCUT2D eigenvalue weighted by Crippen LogP contribution is 2.32. The first-order valence-corrected chi connectivity index (χ1v) is 12.4. The summed E-state index contributed by atoms with van der Waals surface area (Å²) in [4.78, 5) is 12.5. The molecule has 0 radical (unpaired) electrons. The molecule has 1 N–H and O–H groups in total. The molecule has 2 aliphatic heterocycles. The molecule has 0 aliphatic carbocycles. The number of sulfone groups is 1. The Balaban J connectivity index is 1.30. The van der Waals surface area contributed by atoms with Crippen LogP contribution in [0.4, 0.5) is 0 Å². The van der Waals surface area contributed by atoms with Crippen molar-refractivity contribution in [3.8, 4) is 11.5 Å². The minimum Gasteiger partial charge on any atom is -0.454 e. The Labute approximate surface area is 179 Å². The quantitative estimate of drug-likeness (QED) is 0.626. The van der Waals surface area contributed by atoms with Crippen LogP contribution in [-0.4, -0.2) is 52.6 Å². The van der Waals surface area contributed by atoms with Gasteiger partial charge in [-0.05, 0) is 37.0 Å². The van der Waals surface area contributed by atoms with E-state index < -0.39 is 9.84 Å². The number of amides is 1. The minimum absolute atomic E-state index is 0.0816. The number of thioether (sulfide) groups is 1. The van der Waals surface area contributed by atoms with Gasteiger partial charge in [-0.25, -0.2) is 8.42 Å². The van der Waals surface area contributed by atoms with E-state index in [-0.39, 0.29) is 35.4 Å². The van der Waals surface area contributed by atoms with Gasteiger partial charge in [-0.2, -0.15) is 0 Å². The number of benzene rings is 1. The van der Waals surface area contributed by atoms with Gasteiger partial charge in [0.25, 0.3) is 0 Å². The van der Waals surface area contributed by atoms with Gasteiger partial charge in [0.05, 0.1) is 16.8 Å². The van der Waals surface area contributed by atoms with E-state index in [9.17, 15) is 13.2 Å². The lowest BCUT2D eigenvalue weighted by atomic mass is 10.1. The van der Waals surface area contributed by atoms with E-state index in [2.05, 4.69) is 15.5 Å². The number of carbonyl (C=O) groups excluding carboxylic acids is 1. The van der Waals surface area contributed by atoms with Gasteiger partial charge in [0.15, 0.2) is 26.5 Å². The number of fused-ring (bicyclic) bond motifs is 1. The summed E-state index contributed by atoms with van der Waals surface area (Å²) in [5, 5.41) is 11.6. The highest BCUT2D eigenvalue weighted by Gasteiger charge is 2.29. The number of aromatic nitrogens is 3. The number of hydrogen-bond acceptors (Lipinski definition) is 8. The predicted molar refractivity (Wildman–Crippen MR) is 111 cm³/mol. The average molecular weight is 453 g/mol. The molecule has 1 aromatic heterocycles. The summed E-state index contributed by atoms with van der Waals surface area (Å²) >= 11 is 1.33. The minimum atomic E-state index is -2.91. The van der Waals surface area contributed by atoms with Crippen molar-refractivity contribution >= 4 is 27.5 Å². The number of nitrogens with zero attached hydrogens (tertiary/aromatic N) is 3. The molecule has 2 aliphatic rings. The van der Waals surface area contributed by atoms with Gasteiger partial charge in [-0.1, -0.05) is 17.8 Å². The summed E-state index contributed by atoms with van der Waals surface area (Å²) in [6.07, 6.45) is 1.24. The van der Waals surface area contributed by atoms with Crippen molar-refractivity contribution in [2.45, 2.75) is 36.7 Å². The van der Waals surface area contributed by atoms with Gasteiger partial charge in [0.2, 0.25) is 12.7 Å². The van der Waals surface area contributed by atoms with E-state index in [1.54, 1.807) is 0 Å². The first kappa shape index (κ1) is 21.0. The van der Waals surface area contributed by atoms with Crippen molar-refractivity contribution in [1.29, 1.82) is 0 Å². The van der Waals surface area contributed by atoms with Gasteiger partial charge < -0.3 is 19.4 Å². The topological polar surface area (TPSA) is 112 Å². The molecule has 1 saturated heterocycles. The van der Waals surface area contributed by atoms with E-state index in [0.717, 1.165) is 11.4 Å². The van der Waals surface area contributed by atoms with E-state index in [4.69, 9.17) is 9.47 Å². The van der Waals surface area contributed by atoms with Crippen LogP contribution in [0.5, 0.6) is 11.5 Å². The van der Waals surface area contributed by atoms with Crippen LogP contribution in [0.1, 0.15) is 24.7 Å². The molecule has 0 spiro atoms. The molecule has 1 amide bonds. The molecule has 3 heterocycles. The molecule has 0 saturated carbocycles. The largest absolute Gasteiger partial charge is 0.454 e. The fourth-order valence-corrected chi connectivity index (χ4v) is 6.23. The summed E-state index contributed by atoms with van der Waals surface area (Å²) < 4.78 is 35.8. The van der Waals surface area contributed by atoms with Gasteiger partial charge in [0, 0.05) is 20.0 Å². The lowest BCUT2D eigenvalue weighted by molar-refractivity contribution is -0.120. The number of rotatable bonds is 7. The monoisotopic (exact) mass is 452 g/mol.